The molecule has 1 rings (SSSR count). The van der Waals surface area contributed by atoms with Gasteiger partial charge in [0.05, 0.1) is 0 Å². The highest BCUT2D eigenvalue weighted by atomic mass is 14.0. The molecule has 1 aromatic rings. The maximum atomic E-state index is 3.03. The summed E-state index contributed by atoms with van der Waals surface area (Å²) in [5.41, 5.74) is 1.44. The van der Waals surface area contributed by atoms with Crippen LogP contribution in [0.2, 0.25) is 0 Å². The first kappa shape index (κ1) is 9.31. The van der Waals surface area contributed by atoms with Gasteiger partial charge in [-0.25, -0.2) is 0 Å². The van der Waals surface area contributed by atoms with Gasteiger partial charge in [-0.3, -0.25) is 0 Å². The molecule has 0 heteroatoms. The highest BCUT2D eigenvalue weighted by molar-refractivity contribution is 5.13. The number of hydrogen-bond donors (Lipinski definition) is 0. The SMILES string of the molecule is CC(C)CCCc1cc[c]cc1. The number of rotatable bonds is 4. The summed E-state index contributed by atoms with van der Waals surface area (Å²) in [7, 11) is 0. The molecule has 0 aromatic heterocycles. The fourth-order valence-corrected chi connectivity index (χ4v) is 1.30. The zero-order chi connectivity index (χ0) is 8.81. The van der Waals surface area contributed by atoms with Crippen LogP contribution in [0, 0.1) is 12.0 Å². The molecule has 0 fully saturated rings. The molecule has 0 N–H and O–H groups in total. The lowest BCUT2D eigenvalue weighted by molar-refractivity contribution is 0.556. The third-order valence-corrected chi connectivity index (χ3v) is 2.03. The van der Waals surface area contributed by atoms with Crippen molar-refractivity contribution in [2.45, 2.75) is 33.1 Å². The van der Waals surface area contributed by atoms with Gasteiger partial charge in [-0.05, 0) is 30.4 Å². The van der Waals surface area contributed by atoms with E-state index in [0.29, 0.717) is 0 Å². The second-order valence-corrected chi connectivity index (χ2v) is 3.69. The van der Waals surface area contributed by atoms with Crippen LogP contribution in [0.15, 0.2) is 24.3 Å². The van der Waals surface area contributed by atoms with E-state index in [1.807, 2.05) is 12.1 Å². The number of aryl methyl sites for hydroxylation is 1. The second kappa shape index (κ2) is 4.97. The van der Waals surface area contributed by atoms with Crippen LogP contribution in [0.3, 0.4) is 0 Å². The van der Waals surface area contributed by atoms with Crippen molar-refractivity contribution >= 4 is 0 Å². The predicted molar refractivity (Wildman–Crippen MR) is 53.1 cm³/mol. The molecule has 0 bridgehead atoms. The summed E-state index contributed by atoms with van der Waals surface area (Å²) in [6, 6.07) is 11.3. The molecule has 0 heterocycles. The van der Waals surface area contributed by atoms with Crippen molar-refractivity contribution in [3.63, 3.8) is 0 Å². The maximum Gasteiger partial charge on any atom is -0.0184 e. The summed E-state index contributed by atoms with van der Waals surface area (Å²) in [6.07, 6.45) is 3.85. The summed E-state index contributed by atoms with van der Waals surface area (Å²) in [5, 5.41) is 0. The lowest BCUT2D eigenvalue weighted by Gasteiger charge is -2.03. The third-order valence-electron chi connectivity index (χ3n) is 2.03. The van der Waals surface area contributed by atoms with E-state index in [1.54, 1.807) is 0 Å². The molecule has 0 unspecified atom stereocenters. The molecule has 0 amide bonds. The Hall–Kier alpha value is -0.780. The quantitative estimate of drug-likeness (QED) is 0.634. The topological polar surface area (TPSA) is 0 Å². The minimum Gasteiger partial charge on any atom is -0.0628 e. The minimum absolute atomic E-state index is 0.834. The van der Waals surface area contributed by atoms with Gasteiger partial charge in [0.15, 0.2) is 0 Å². The van der Waals surface area contributed by atoms with Gasteiger partial charge >= 0.3 is 0 Å². The molecule has 0 aliphatic heterocycles. The molecule has 12 heavy (non-hydrogen) atoms. The molecular formula is C12H17. The lowest BCUT2D eigenvalue weighted by Crippen LogP contribution is -1.90. The first-order valence-corrected chi connectivity index (χ1v) is 4.74. The Labute approximate surface area is 75.6 Å². The van der Waals surface area contributed by atoms with E-state index in [2.05, 4.69) is 32.0 Å². The lowest BCUT2D eigenvalue weighted by atomic mass is 10.0. The van der Waals surface area contributed by atoms with Crippen molar-refractivity contribution in [3.05, 3.63) is 35.9 Å². The Balaban J connectivity index is 2.25. The molecule has 0 nitrogen and oxygen atoms in total. The summed E-state index contributed by atoms with van der Waals surface area (Å²) in [4.78, 5) is 0. The van der Waals surface area contributed by atoms with Gasteiger partial charge in [-0.15, -0.1) is 0 Å². The van der Waals surface area contributed by atoms with E-state index >= 15 is 0 Å². The van der Waals surface area contributed by atoms with Gasteiger partial charge in [0, 0.05) is 0 Å². The molecule has 1 aromatic carbocycles. The van der Waals surface area contributed by atoms with Gasteiger partial charge in [0.25, 0.3) is 0 Å². The highest BCUT2D eigenvalue weighted by Gasteiger charge is 1.94. The Kier molecular flexibility index (Phi) is 3.86. The molecule has 0 saturated carbocycles. The zero-order valence-electron chi connectivity index (χ0n) is 8.01. The van der Waals surface area contributed by atoms with E-state index in [-0.39, 0.29) is 0 Å². The van der Waals surface area contributed by atoms with Crippen LogP contribution >= 0.6 is 0 Å². The van der Waals surface area contributed by atoms with E-state index in [0.717, 1.165) is 5.92 Å². The van der Waals surface area contributed by atoms with Crippen LogP contribution in [0.1, 0.15) is 32.3 Å². The molecule has 0 atom stereocenters. The summed E-state index contributed by atoms with van der Waals surface area (Å²) in [6.45, 7) is 4.55. The van der Waals surface area contributed by atoms with Gasteiger partial charge in [-0.2, -0.15) is 0 Å². The molecule has 1 radical (unpaired) electrons. The van der Waals surface area contributed by atoms with Crippen LogP contribution in [0.25, 0.3) is 0 Å². The average Bonchev–Trinajstić information content (AvgIpc) is 2.05. The van der Waals surface area contributed by atoms with Crippen LogP contribution in [0.5, 0.6) is 0 Å². The normalized spacial score (nSPS) is 10.6. The average molecular weight is 161 g/mol. The zero-order valence-corrected chi connectivity index (χ0v) is 8.01. The van der Waals surface area contributed by atoms with E-state index in [4.69, 9.17) is 0 Å². The van der Waals surface area contributed by atoms with Crippen molar-refractivity contribution in [1.82, 2.24) is 0 Å². The fraction of sp³-hybridized carbons (Fsp3) is 0.500. The van der Waals surface area contributed by atoms with Crippen LogP contribution in [-0.2, 0) is 6.42 Å². The molecule has 0 spiro atoms. The van der Waals surface area contributed by atoms with Crippen molar-refractivity contribution in [2.24, 2.45) is 5.92 Å². The van der Waals surface area contributed by atoms with Crippen molar-refractivity contribution in [2.75, 3.05) is 0 Å². The van der Waals surface area contributed by atoms with Crippen LogP contribution in [0.4, 0.5) is 0 Å². The Bertz CT molecular complexity index is 199. The van der Waals surface area contributed by atoms with Gasteiger partial charge in [0.2, 0.25) is 0 Å². The van der Waals surface area contributed by atoms with Gasteiger partial charge < -0.3 is 0 Å². The second-order valence-electron chi connectivity index (χ2n) is 3.69. The number of benzene rings is 1. The molecule has 65 valence electrons. The molecule has 0 aliphatic rings. The maximum absolute atomic E-state index is 3.03. The Morgan fingerprint density at radius 1 is 1.25 bits per heavy atom. The predicted octanol–water partition coefficient (Wildman–Crippen LogP) is 3.47. The first-order valence-electron chi connectivity index (χ1n) is 4.74. The summed E-state index contributed by atoms with van der Waals surface area (Å²) in [5.74, 6) is 0.834. The van der Waals surface area contributed by atoms with E-state index in [1.165, 1.54) is 24.8 Å². The summed E-state index contributed by atoms with van der Waals surface area (Å²) >= 11 is 0. The van der Waals surface area contributed by atoms with Gasteiger partial charge in [0.1, 0.15) is 0 Å². The largest absolute Gasteiger partial charge is 0.0628 e. The Morgan fingerprint density at radius 3 is 2.50 bits per heavy atom. The Morgan fingerprint density at radius 2 is 1.92 bits per heavy atom. The van der Waals surface area contributed by atoms with E-state index < -0.39 is 0 Å². The molecule has 0 aliphatic carbocycles. The standard InChI is InChI=1S/C12H17/c1-11(2)7-6-10-12-8-4-3-5-9-12/h4-5,8-9,11H,6-7,10H2,1-2H3. The molecular weight excluding hydrogens is 144 g/mol. The van der Waals surface area contributed by atoms with Gasteiger partial charge in [-0.1, -0.05) is 44.5 Å². The van der Waals surface area contributed by atoms with Crippen LogP contribution < -0.4 is 0 Å². The van der Waals surface area contributed by atoms with Crippen molar-refractivity contribution in [3.8, 4) is 0 Å². The number of hydrogen-bond acceptors (Lipinski definition) is 0. The smallest absolute Gasteiger partial charge is 0.0184 e. The minimum atomic E-state index is 0.834. The summed E-state index contributed by atoms with van der Waals surface area (Å²) < 4.78 is 0. The van der Waals surface area contributed by atoms with Crippen molar-refractivity contribution in [1.29, 1.82) is 0 Å². The van der Waals surface area contributed by atoms with E-state index in [9.17, 15) is 0 Å². The first-order chi connectivity index (χ1) is 5.79. The third kappa shape index (κ3) is 3.56. The molecule has 0 saturated heterocycles. The monoisotopic (exact) mass is 161 g/mol. The van der Waals surface area contributed by atoms with Crippen LogP contribution in [-0.4, -0.2) is 0 Å². The van der Waals surface area contributed by atoms with Crippen molar-refractivity contribution < 1.29 is 0 Å². The highest BCUT2D eigenvalue weighted by Crippen LogP contribution is 2.08. The fourth-order valence-electron chi connectivity index (χ4n) is 1.30.